The molecule has 0 bridgehead atoms. The fraction of sp³-hybridized carbons (Fsp3) is 0.200. The number of rotatable bonds is 1. The molecule has 1 heterocycles. The second-order valence-electron chi connectivity index (χ2n) is 1.48. The maximum Gasteiger partial charge on any atom is 0.128 e. The van der Waals surface area contributed by atoms with E-state index in [1.807, 2.05) is 6.08 Å². The zero-order chi connectivity index (χ0) is 5.82. The molecule has 0 aromatic rings. The van der Waals surface area contributed by atoms with Gasteiger partial charge in [-0.2, -0.15) is 0 Å². The minimum Gasteiger partial charge on any atom is -0.495 e. The highest BCUT2D eigenvalue weighted by Crippen LogP contribution is 1.96. The summed E-state index contributed by atoms with van der Waals surface area (Å²) in [6.45, 7) is 0.549. The van der Waals surface area contributed by atoms with Gasteiger partial charge in [-0.15, -0.1) is 12.4 Å². The number of ether oxygens (including phenoxy) is 1. The van der Waals surface area contributed by atoms with Gasteiger partial charge in [0.15, 0.2) is 0 Å². The average Bonchev–Trinajstić information content (AvgIpc) is 1.90. The number of nitrogens with one attached hydrogen (secondary N) is 1. The van der Waals surface area contributed by atoms with E-state index in [1.54, 1.807) is 12.3 Å². The molecule has 9 heavy (non-hydrogen) atoms. The van der Waals surface area contributed by atoms with Crippen LogP contribution in [0.2, 0.25) is 0 Å². The van der Waals surface area contributed by atoms with Crippen LogP contribution in [0.1, 0.15) is 0 Å². The Labute approximate surface area is 59.9 Å². The quantitative estimate of drug-likeness (QED) is 0.415. The Bertz CT molecular complexity index is 133. The fourth-order valence-electron chi connectivity index (χ4n) is 0.487. The van der Waals surface area contributed by atoms with Crippen molar-refractivity contribution in [1.82, 2.24) is 5.43 Å². The van der Waals surface area contributed by atoms with Gasteiger partial charge >= 0.3 is 0 Å². The SMILES string of the molecule is Cl.NNC1=CC=COC1. The third kappa shape index (κ3) is 2.39. The molecule has 0 saturated carbocycles. The zero-order valence-corrected chi connectivity index (χ0v) is 5.65. The molecular formula is C5H9ClN2O. The van der Waals surface area contributed by atoms with Crippen LogP contribution in [0.4, 0.5) is 0 Å². The van der Waals surface area contributed by atoms with Crippen molar-refractivity contribution >= 4 is 12.4 Å². The first-order valence-corrected chi connectivity index (χ1v) is 2.37. The van der Waals surface area contributed by atoms with Crippen molar-refractivity contribution in [2.75, 3.05) is 6.61 Å². The minimum atomic E-state index is 0. The van der Waals surface area contributed by atoms with E-state index < -0.39 is 0 Å². The molecule has 0 spiro atoms. The number of hydrogen-bond donors (Lipinski definition) is 2. The Hall–Kier alpha value is -0.670. The largest absolute Gasteiger partial charge is 0.495 e. The Morgan fingerprint density at radius 3 is 2.78 bits per heavy atom. The van der Waals surface area contributed by atoms with E-state index in [-0.39, 0.29) is 12.4 Å². The van der Waals surface area contributed by atoms with Gasteiger partial charge in [-0.3, -0.25) is 5.84 Å². The molecule has 0 amide bonds. The van der Waals surface area contributed by atoms with Gasteiger partial charge in [0.1, 0.15) is 6.61 Å². The molecular weight excluding hydrogens is 140 g/mol. The van der Waals surface area contributed by atoms with Gasteiger partial charge in [0.05, 0.1) is 12.0 Å². The van der Waals surface area contributed by atoms with E-state index in [0.29, 0.717) is 6.61 Å². The fourth-order valence-corrected chi connectivity index (χ4v) is 0.487. The molecule has 0 aromatic carbocycles. The van der Waals surface area contributed by atoms with Gasteiger partial charge in [-0.1, -0.05) is 0 Å². The third-order valence-corrected chi connectivity index (χ3v) is 0.896. The molecule has 1 rings (SSSR count). The molecule has 0 aliphatic carbocycles. The predicted octanol–water partition coefficient (Wildman–Crippen LogP) is 0.299. The van der Waals surface area contributed by atoms with Gasteiger partial charge < -0.3 is 10.2 Å². The first kappa shape index (κ1) is 8.33. The summed E-state index contributed by atoms with van der Waals surface area (Å²) in [5.74, 6) is 5.07. The van der Waals surface area contributed by atoms with Crippen molar-refractivity contribution in [2.45, 2.75) is 0 Å². The molecule has 0 atom stereocenters. The average molecular weight is 149 g/mol. The lowest BCUT2D eigenvalue weighted by atomic mass is 10.4. The molecule has 4 heteroatoms. The van der Waals surface area contributed by atoms with Crippen LogP contribution in [0.25, 0.3) is 0 Å². The van der Waals surface area contributed by atoms with Crippen LogP contribution in [0.3, 0.4) is 0 Å². The predicted molar refractivity (Wildman–Crippen MR) is 37.7 cm³/mol. The summed E-state index contributed by atoms with van der Waals surface area (Å²) in [4.78, 5) is 0. The molecule has 0 aromatic heterocycles. The Morgan fingerprint density at radius 1 is 1.67 bits per heavy atom. The van der Waals surface area contributed by atoms with Crippen molar-refractivity contribution in [3.63, 3.8) is 0 Å². The number of hydrogen-bond acceptors (Lipinski definition) is 3. The summed E-state index contributed by atoms with van der Waals surface area (Å²) >= 11 is 0. The monoisotopic (exact) mass is 148 g/mol. The molecule has 0 saturated heterocycles. The van der Waals surface area contributed by atoms with Crippen LogP contribution in [0, 0.1) is 0 Å². The van der Waals surface area contributed by atoms with Crippen molar-refractivity contribution in [3.05, 3.63) is 24.1 Å². The highest BCUT2D eigenvalue weighted by molar-refractivity contribution is 5.85. The number of hydrazine groups is 1. The number of nitrogens with two attached hydrogens (primary N) is 1. The topological polar surface area (TPSA) is 47.3 Å². The van der Waals surface area contributed by atoms with Crippen LogP contribution in [-0.4, -0.2) is 6.61 Å². The normalized spacial score (nSPS) is 15.0. The van der Waals surface area contributed by atoms with E-state index >= 15 is 0 Å². The Kier molecular flexibility index (Phi) is 3.92. The molecule has 3 N–H and O–H groups in total. The van der Waals surface area contributed by atoms with Gasteiger partial charge in [0, 0.05) is 0 Å². The van der Waals surface area contributed by atoms with Gasteiger partial charge in [0.25, 0.3) is 0 Å². The molecule has 0 radical (unpaired) electrons. The molecule has 1 aliphatic rings. The Morgan fingerprint density at radius 2 is 2.44 bits per heavy atom. The summed E-state index contributed by atoms with van der Waals surface area (Å²) in [6, 6.07) is 0. The van der Waals surface area contributed by atoms with E-state index in [2.05, 4.69) is 5.43 Å². The summed E-state index contributed by atoms with van der Waals surface area (Å²) in [6.07, 6.45) is 5.28. The van der Waals surface area contributed by atoms with Crippen LogP contribution in [0.15, 0.2) is 24.1 Å². The van der Waals surface area contributed by atoms with E-state index in [4.69, 9.17) is 10.6 Å². The summed E-state index contributed by atoms with van der Waals surface area (Å²) in [7, 11) is 0. The van der Waals surface area contributed by atoms with E-state index in [9.17, 15) is 0 Å². The molecule has 3 nitrogen and oxygen atoms in total. The van der Waals surface area contributed by atoms with Gasteiger partial charge in [-0.25, -0.2) is 0 Å². The van der Waals surface area contributed by atoms with E-state index in [1.165, 1.54) is 0 Å². The third-order valence-electron chi connectivity index (χ3n) is 0.896. The maximum absolute atomic E-state index is 5.07. The first-order chi connectivity index (χ1) is 3.93. The zero-order valence-electron chi connectivity index (χ0n) is 4.83. The van der Waals surface area contributed by atoms with Crippen LogP contribution in [0.5, 0.6) is 0 Å². The van der Waals surface area contributed by atoms with E-state index in [0.717, 1.165) is 5.70 Å². The van der Waals surface area contributed by atoms with Crippen molar-refractivity contribution < 1.29 is 4.74 Å². The standard InChI is InChI=1S/C5H8N2O.ClH/c6-7-5-2-1-3-8-4-5;/h1-3,7H,4,6H2;1H. The van der Waals surface area contributed by atoms with Crippen molar-refractivity contribution in [1.29, 1.82) is 0 Å². The number of halogens is 1. The van der Waals surface area contributed by atoms with Gasteiger partial charge in [-0.05, 0) is 12.2 Å². The lowest BCUT2D eigenvalue weighted by molar-refractivity contribution is 0.268. The smallest absolute Gasteiger partial charge is 0.128 e. The molecule has 1 aliphatic heterocycles. The Balaban J connectivity index is 0.000000640. The van der Waals surface area contributed by atoms with Crippen molar-refractivity contribution in [2.24, 2.45) is 5.84 Å². The minimum absolute atomic E-state index is 0. The highest BCUT2D eigenvalue weighted by Gasteiger charge is 1.93. The van der Waals surface area contributed by atoms with Crippen LogP contribution >= 0.6 is 12.4 Å². The summed E-state index contributed by atoms with van der Waals surface area (Å²) < 4.78 is 4.88. The molecule has 52 valence electrons. The lowest BCUT2D eigenvalue weighted by Crippen LogP contribution is -2.24. The second-order valence-corrected chi connectivity index (χ2v) is 1.48. The number of allylic oxidation sites excluding steroid dienone is 2. The second kappa shape index (κ2) is 4.23. The molecule has 0 fully saturated rings. The van der Waals surface area contributed by atoms with Crippen LogP contribution in [-0.2, 0) is 4.74 Å². The van der Waals surface area contributed by atoms with Gasteiger partial charge in [0.2, 0.25) is 0 Å². The van der Waals surface area contributed by atoms with Crippen LogP contribution < -0.4 is 11.3 Å². The summed E-state index contributed by atoms with van der Waals surface area (Å²) in [5, 5.41) is 0. The lowest BCUT2D eigenvalue weighted by Gasteiger charge is -2.07. The molecule has 0 unspecified atom stereocenters. The highest BCUT2D eigenvalue weighted by atomic mass is 35.5. The maximum atomic E-state index is 5.07. The van der Waals surface area contributed by atoms with Crippen molar-refractivity contribution in [3.8, 4) is 0 Å². The summed E-state index contributed by atoms with van der Waals surface area (Å²) in [5.41, 5.74) is 3.38. The first-order valence-electron chi connectivity index (χ1n) is 2.37.